The molecule has 0 amide bonds. The van der Waals surface area contributed by atoms with Crippen LogP contribution in [0.1, 0.15) is 24.8 Å². The lowest BCUT2D eigenvalue weighted by atomic mass is 10.1. The number of hydrogen-bond donors (Lipinski definition) is 2. The minimum Gasteiger partial charge on any atom is -0.367 e. The summed E-state index contributed by atoms with van der Waals surface area (Å²) in [6.07, 6.45) is 7.12. The van der Waals surface area contributed by atoms with Crippen molar-refractivity contribution >= 4 is 11.3 Å². The van der Waals surface area contributed by atoms with Crippen LogP contribution in [0.2, 0.25) is 0 Å². The van der Waals surface area contributed by atoms with Gasteiger partial charge in [0.2, 0.25) is 0 Å². The molecule has 1 atom stereocenters. The molecule has 0 aliphatic carbocycles. The Labute approximate surface area is 99.7 Å². The Bertz CT molecular complexity index is 417. The van der Waals surface area contributed by atoms with Crippen molar-refractivity contribution in [3.05, 3.63) is 28.8 Å². The molecule has 1 unspecified atom stereocenters. The summed E-state index contributed by atoms with van der Waals surface area (Å²) in [4.78, 5) is 7.65. The molecule has 2 aromatic rings. The number of thiazole rings is 1. The number of hydrogen-bond acceptors (Lipinski definition) is 3. The van der Waals surface area contributed by atoms with Crippen LogP contribution in [-0.2, 0) is 6.42 Å². The summed E-state index contributed by atoms with van der Waals surface area (Å²) in [6.45, 7) is 2.05. The number of aromatic nitrogens is 2. The smallest absolute Gasteiger partial charge is 0.0932 e. The molecular formula is C12H17N3S. The van der Waals surface area contributed by atoms with E-state index in [1.54, 1.807) is 11.3 Å². The standard InChI is InChI=1S/C12H17N3S/c1-9(13)3-2-4-12-15-11(8-16-12)10-5-6-14-7-10/h5-9,14H,2-4,13H2,1H3. The third-order valence-electron chi connectivity index (χ3n) is 2.50. The van der Waals surface area contributed by atoms with Crippen molar-refractivity contribution in [1.82, 2.24) is 9.97 Å². The topological polar surface area (TPSA) is 54.7 Å². The molecule has 3 nitrogen and oxygen atoms in total. The Morgan fingerprint density at radius 3 is 3.12 bits per heavy atom. The fraction of sp³-hybridized carbons (Fsp3) is 0.417. The van der Waals surface area contributed by atoms with E-state index in [-0.39, 0.29) is 0 Å². The van der Waals surface area contributed by atoms with Crippen molar-refractivity contribution in [3.63, 3.8) is 0 Å². The van der Waals surface area contributed by atoms with Gasteiger partial charge in [0.1, 0.15) is 0 Å². The van der Waals surface area contributed by atoms with Crippen LogP contribution >= 0.6 is 11.3 Å². The minimum absolute atomic E-state index is 0.295. The van der Waals surface area contributed by atoms with Crippen LogP contribution in [0.15, 0.2) is 23.8 Å². The molecule has 2 aromatic heterocycles. The molecule has 86 valence electrons. The first-order valence-corrected chi connectivity index (χ1v) is 6.47. The quantitative estimate of drug-likeness (QED) is 0.837. The molecule has 16 heavy (non-hydrogen) atoms. The molecular weight excluding hydrogens is 218 g/mol. The molecule has 4 heteroatoms. The third-order valence-corrected chi connectivity index (χ3v) is 3.40. The largest absolute Gasteiger partial charge is 0.367 e. The monoisotopic (exact) mass is 235 g/mol. The van der Waals surface area contributed by atoms with Gasteiger partial charge in [0.15, 0.2) is 0 Å². The van der Waals surface area contributed by atoms with Gasteiger partial charge in [-0.3, -0.25) is 0 Å². The first-order chi connectivity index (χ1) is 7.75. The predicted molar refractivity (Wildman–Crippen MR) is 68.5 cm³/mol. The Morgan fingerprint density at radius 1 is 1.56 bits per heavy atom. The fourth-order valence-corrected chi connectivity index (χ4v) is 2.47. The van der Waals surface area contributed by atoms with E-state index in [1.807, 2.05) is 25.4 Å². The Morgan fingerprint density at radius 2 is 2.44 bits per heavy atom. The van der Waals surface area contributed by atoms with Crippen molar-refractivity contribution in [2.45, 2.75) is 32.2 Å². The summed E-state index contributed by atoms with van der Waals surface area (Å²) in [6, 6.07) is 2.34. The zero-order valence-corrected chi connectivity index (χ0v) is 10.3. The lowest BCUT2D eigenvalue weighted by molar-refractivity contribution is 0.623. The van der Waals surface area contributed by atoms with Crippen molar-refractivity contribution in [2.75, 3.05) is 0 Å². The van der Waals surface area contributed by atoms with Gasteiger partial charge in [0.25, 0.3) is 0 Å². The molecule has 0 spiro atoms. The van der Waals surface area contributed by atoms with Crippen molar-refractivity contribution in [2.24, 2.45) is 5.73 Å². The maximum atomic E-state index is 5.72. The van der Waals surface area contributed by atoms with Gasteiger partial charge in [-0.2, -0.15) is 0 Å². The maximum absolute atomic E-state index is 5.72. The van der Waals surface area contributed by atoms with E-state index in [1.165, 1.54) is 5.01 Å². The highest BCUT2D eigenvalue weighted by Crippen LogP contribution is 2.22. The molecule has 0 aliphatic rings. The van der Waals surface area contributed by atoms with Gasteiger partial charge in [-0.1, -0.05) is 0 Å². The molecule has 0 saturated carbocycles. The van der Waals surface area contributed by atoms with Crippen LogP contribution in [0.25, 0.3) is 11.3 Å². The summed E-state index contributed by atoms with van der Waals surface area (Å²) in [5.41, 5.74) is 7.95. The van der Waals surface area contributed by atoms with Gasteiger partial charge in [-0.05, 0) is 32.3 Å². The minimum atomic E-state index is 0.295. The van der Waals surface area contributed by atoms with Crippen LogP contribution in [-0.4, -0.2) is 16.0 Å². The molecule has 0 aromatic carbocycles. The molecule has 0 bridgehead atoms. The predicted octanol–water partition coefficient (Wildman–Crippen LogP) is 2.81. The van der Waals surface area contributed by atoms with Crippen LogP contribution in [0, 0.1) is 0 Å². The lowest BCUT2D eigenvalue weighted by Gasteiger charge is -2.01. The maximum Gasteiger partial charge on any atom is 0.0932 e. The number of aromatic amines is 1. The zero-order valence-electron chi connectivity index (χ0n) is 9.44. The molecule has 0 fully saturated rings. The first-order valence-electron chi connectivity index (χ1n) is 5.59. The molecule has 2 heterocycles. The Hall–Kier alpha value is -1.13. The summed E-state index contributed by atoms with van der Waals surface area (Å²) >= 11 is 1.73. The van der Waals surface area contributed by atoms with Gasteiger partial charge in [-0.25, -0.2) is 4.98 Å². The number of nitrogens with two attached hydrogens (primary N) is 1. The van der Waals surface area contributed by atoms with E-state index in [0.29, 0.717) is 6.04 Å². The molecule has 3 N–H and O–H groups in total. The number of nitrogens with zero attached hydrogens (tertiary/aromatic N) is 1. The average molecular weight is 235 g/mol. The zero-order chi connectivity index (χ0) is 11.4. The van der Waals surface area contributed by atoms with Crippen LogP contribution < -0.4 is 5.73 Å². The van der Waals surface area contributed by atoms with Crippen molar-refractivity contribution in [3.8, 4) is 11.3 Å². The highest BCUT2D eigenvalue weighted by atomic mass is 32.1. The summed E-state index contributed by atoms with van der Waals surface area (Å²) < 4.78 is 0. The first kappa shape index (κ1) is 11.4. The number of rotatable bonds is 5. The summed E-state index contributed by atoms with van der Waals surface area (Å²) in [5, 5.41) is 3.32. The van der Waals surface area contributed by atoms with Gasteiger partial charge < -0.3 is 10.7 Å². The van der Waals surface area contributed by atoms with Crippen molar-refractivity contribution in [1.29, 1.82) is 0 Å². The van der Waals surface area contributed by atoms with E-state index in [4.69, 9.17) is 5.73 Å². The molecule has 0 aliphatic heterocycles. The van der Waals surface area contributed by atoms with Gasteiger partial charge in [0, 0.05) is 29.4 Å². The van der Waals surface area contributed by atoms with E-state index in [0.717, 1.165) is 30.5 Å². The highest BCUT2D eigenvalue weighted by molar-refractivity contribution is 7.09. The van der Waals surface area contributed by atoms with Crippen molar-refractivity contribution < 1.29 is 0 Å². The normalized spacial score (nSPS) is 12.9. The van der Waals surface area contributed by atoms with E-state index < -0.39 is 0 Å². The van der Waals surface area contributed by atoms with Crippen LogP contribution in [0.3, 0.4) is 0 Å². The second-order valence-electron chi connectivity index (χ2n) is 4.10. The Balaban J connectivity index is 1.93. The Kier molecular flexibility index (Phi) is 3.74. The van der Waals surface area contributed by atoms with E-state index in [2.05, 4.69) is 15.3 Å². The van der Waals surface area contributed by atoms with Crippen LogP contribution in [0.4, 0.5) is 0 Å². The second-order valence-corrected chi connectivity index (χ2v) is 5.04. The average Bonchev–Trinajstić information content (AvgIpc) is 2.85. The fourth-order valence-electron chi connectivity index (χ4n) is 1.62. The van der Waals surface area contributed by atoms with Gasteiger partial charge in [0.05, 0.1) is 10.7 Å². The number of aryl methyl sites for hydroxylation is 1. The summed E-state index contributed by atoms with van der Waals surface area (Å²) in [5.74, 6) is 0. The number of H-pyrrole nitrogens is 1. The highest BCUT2D eigenvalue weighted by Gasteiger charge is 2.05. The molecule has 0 radical (unpaired) electrons. The second kappa shape index (κ2) is 5.27. The van der Waals surface area contributed by atoms with E-state index in [9.17, 15) is 0 Å². The third kappa shape index (κ3) is 2.93. The molecule has 2 rings (SSSR count). The molecule has 0 saturated heterocycles. The lowest BCUT2D eigenvalue weighted by Crippen LogP contribution is -2.14. The number of nitrogens with one attached hydrogen (secondary N) is 1. The SMILES string of the molecule is CC(N)CCCc1nc(-c2cc[nH]c2)cs1. The van der Waals surface area contributed by atoms with Crippen LogP contribution in [0.5, 0.6) is 0 Å². The summed E-state index contributed by atoms with van der Waals surface area (Å²) in [7, 11) is 0. The van der Waals surface area contributed by atoms with Gasteiger partial charge in [-0.15, -0.1) is 11.3 Å². The van der Waals surface area contributed by atoms with Gasteiger partial charge >= 0.3 is 0 Å². The van der Waals surface area contributed by atoms with E-state index >= 15 is 0 Å².